The minimum atomic E-state index is 0.550. The van der Waals surface area contributed by atoms with Gasteiger partial charge >= 0.3 is 0 Å². The van der Waals surface area contributed by atoms with Gasteiger partial charge in [-0.25, -0.2) is 4.98 Å². The van der Waals surface area contributed by atoms with E-state index < -0.39 is 0 Å². The van der Waals surface area contributed by atoms with Crippen LogP contribution < -0.4 is 10.6 Å². The molecule has 4 nitrogen and oxygen atoms in total. The summed E-state index contributed by atoms with van der Waals surface area (Å²) in [4.78, 5) is 9.14. The summed E-state index contributed by atoms with van der Waals surface area (Å²) in [6.45, 7) is 2.76. The zero-order chi connectivity index (χ0) is 15.9. The van der Waals surface area contributed by atoms with Crippen LogP contribution in [0, 0.1) is 6.92 Å². The van der Waals surface area contributed by atoms with Crippen LogP contribution in [0.1, 0.15) is 49.8 Å². The van der Waals surface area contributed by atoms with Crippen LogP contribution in [0.3, 0.4) is 0 Å². The first-order valence-electron chi connectivity index (χ1n) is 8.69. The van der Waals surface area contributed by atoms with Gasteiger partial charge in [0.1, 0.15) is 5.82 Å². The van der Waals surface area contributed by atoms with Gasteiger partial charge in [0.2, 0.25) is 5.95 Å². The average Bonchev–Trinajstić information content (AvgIpc) is 2.82. The Morgan fingerprint density at radius 1 is 1.00 bits per heavy atom. The van der Waals surface area contributed by atoms with Gasteiger partial charge in [-0.1, -0.05) is 56.0 Å². The highest BCUT2D eigenvalue weighted by Gasteiger charge is 2.13. The molecule has 0 amide bonds. The molecular formula is C19H26N4. The summed E-state index contributed by atoms with van der Waals surface area (Å²) in [5, 5.41) is 6.94. The first kappa shape index (κ1) is 15.8. The van der Waals surface area contributed by atoms with Crippen molar-refractivity contribution in [3.05, 3.63) is 47.7 Å². The van der Waals surface area contributed by atoms with E-state index in [4.69, 9.17) is 0 Å². The molecule has 4 heteroatoms. The Bertz CT molecular complexity index is 604. The number of benzene rings is 1. The largest absolute Gasteiger partial charge is 0.367 e. The van der Waals surface area contributed by atoms with Gasteiger partial charge in [-0.3, -0.25) is 0 Å². The molecule has 0 atom stereocenters. The molecule has 0 spiro atoms. The van der Waals surface area contributed by atoms with E-state index in [1.807, 2.05) is 31.2 Å². The van der Waals surface area contributed by atoms with Gasteiger partial charge in [0, 0.05) is 24.3 Å². The Balaban J connectivity index is 1.63. The molecule has 3 rings (SSSR count). The summed E-state index contributed by atoms with van der Waals surface area (Å²) in [7, 11) is 0. The molecule has 2 aromatic rings. The molecule has 2 N–H and O–H groups in total. The fourth-order valence-electron chi connectivity index (χ4n) is 3.13. The van der Waals surface area contributed by atoms with E-state index in [-0.39, 0.29) is 0 Å². The van der Waals surface area contributed by atoms with E-state index in [9.17, 15) is 0 Å². The van der Waals surface area contributed by atoms with Crippen LogP contribution in [0.25, 0.3) is 0 Å². The molecule has 1 heterocycles. The van der Waals surface area contributed by atoms with E-state index in [1.54, 1.807) is 0 Å². The maximum Gasteiger partial charge on any atom is 0.225 e. The monoisotopic (exact) mass is 310 g/mol. The Labute approximate surface area is 138 Å². The van der Waals surface area contributed by atoms with Crippen molar-refractivity contribution in [2.75, 3.05) is 10.6 Å². The third-order valence-corrected chi connectivity index (χ3v) is 4.35. The van der Waals surface area contributed by atoms with Crippen molar-refractivity contribution in [3.63, 3.8) is 0 Å². The van der Waals surface area contributed by atoms with Crippen molar-refractivity contribution < 1.29 is 0 Å². The topological polar surface area (TPSA) is 49.8 Å². The molecule has 0 bridgehead atoms. The van der Waals surface area contributed by atoms with Crippen LogP contribution in [0.4, 0.5) is 11.8 Å². The predicted octanol–water partition coefficient (Wildman–Crippen LogP) is 4.53. The molecule has 1 aliphatic rings. The lowest BCUT2D eigenvalue weighted by Crippen LogP contribution is -2.19. The number of nitrogens with zero attached hydrogens (tertiary/aromatic N) is 2. The number of nitrogens with one attached hydrogen (secondary N) is 2. The van der Waals surface area contributed by atoms with Gasteiger partial charge in [-0.2, -0.15) is 4.98 Å². The maximum atomic E-state index is 4.64. The highest BCUT2D eigenvalue weighted by atomic mass is 15.1. The molecule has 1 fully saturated rings. The summed E-state index contributed by atoms with van der Waals surface area (Å²) < 4.78 is 0. The van der Waals surface area contributed by atoms with Crippen LogP contribution in [0.2, 0.25) is 0 Å². The predicted molar refractivity (Wildman–Crippen MR) is 95.7 cm³/mol. The summed E-state index contributed by atoms with van der Waals surface area (Å²) in [6, 6.07) is 12.9. The van der Waals surface area contributed by atoms with Crippen molar-refractivity contribution in [2.24, 2.45) is 0 Å². The highest BCUT2D eigenvalue weighted by Crippen LogP contribution is 2.21. The third-order valence-electron chi connectivity index (χ3n) is 4.35. The lowest BCUT2D eigenvalue weighted by Gasteiger charge is -2.17. The van der Waals surface area contributed by atoms with E-state index in [0.717, 1.165) is 18.1 Å². The number of aromatic nitrogens is 2. The zero-order valence-electron chi connectivity index (χ0n) is 13.9. The first-order valence-corrected chi connectivity index (χ1v) is 8.69. The fourth-order valence-corrected chi connectivity index (χ4v) is 3.13. The van der Waals surface area contributed by atoms with Gasteiger partial charge < -0.3 is 10.6 Å². The molecule has 0 saturated heterocycles. The van der Waals surface area contributed by atoms with E-state index in [1.165, 1.54) is 44.1 Å². The number of rotatable bonds is 5. The van der Waals surface area contributed by atoms with Crippen LogP contribution in [0.5, 0.6) is 0 Å². The van der Waals surface area contributed by atoms with Crippen molar-refractivity contribution in [2.45, 2.75) is 58.0 Å². The molecule has 1 saturated carbocycles. The van der Waals surface area contributed by atoms with Crippen LogP contribution >= 0.6 is 0 Å². The Morgan fingerprint density at radius 2 is 1.74 bits per heavy atom. The number of hydrogen-bond acceptors (Lipinski definition) is 4. The van der Waals surface area contributed by atoms with E-state index in [2.05, 4.69) is 32.7 Å². The van der Waals surface area contributed by atoms with E-state index >= 15 is 0 Å². The second-order valence-corrected chi connectivity index (χ2v) is 6.39. The maximum absolute atomic E-state index is 4.64. The summed E-state index contributed by atoms with van der Waals surface area (Å²) in [5.41, 5.74) is 2.22. The summed E-state index contributed by atoms with van der Waals surface area (Å²) >= 11 is 0. The Morgan fingerprint density at radius 3 is 2.48 bits per heavy atom. The standard InChI is InChI=1S/C19H26N4/c1-15-13-18(22-17-11-7-2-3-8-12-17)23-19(21-15)20-14-16-9-5-4-6-10-16/h4-6,9-10,13,17H,2-3,7-8,11-12,14H2,1H3,(H2,20,21,22,23). The lowest BCUT2D eigenvalue weighted by atomic mass is 10.1. The van der Waals surface area contributed by atoms with E-state index in [0.29, 0.717) is 12.0 Å². The average molecular weight is 310 g/mol. The van der Waals surface area contributed by atoms with Crippen LogP contribution in [0.15, 0.2) is 36.4 Å². The van der Waals surface area contributed by atoms with Crippen molar-refractivity contribution in [1.82, 2.24) is 9.97 Å². The van der Waals surface area contributed by atoms with Crippen molar-refractivity contribution in [1.29, 1.82) is 0 Å². The smallest absolute Gasteiger partial charge is 0.225 e. The lowest BCUT2D eigenvalue weighted by molar-refractivity contribution is 0.617. The molecule has 0 unspecified atom stereocenters. The summed E-state index contributed by atoms with van der Waals surface area (Å²) in [6.07, 6.45) is 7.86. The highest BCUT2D eigenvalue weighted by molar-refractivity contribution is 5.43. The van der Waals surface area contributed by atoms with Gasteiger partial charge in [0.15, 0.2) is 0 Å². The Kier molecular flexibility index (Phi) is 5.46. The summed E-state index contributed by atoms with van der Waals surface area (Å²) in [5.74, 6) is 1.64. The van der Waals surface area contributed by atoms with Crippen molar-refractivity contribution in [3.8, 4) is 0 Å². The van der Waals surface area contributed by atoms with Crippen LogP contribution in [-0.4, -0.2) is 16.0 Å². The molecule has 0 radical (unpaired) electrons. The quantitative estimate of drug-likeness (QED) is 0.797. The molecule has 1 aromatic heterocycles. The normalized spacial score (nSPS) is 15.9. The number of anilines is 2. The molecule has 0 aliphatic heterocycles. The SMILES string of the molecule is Cc1cc(NC2CCCCCC2)nc(NCc2ccccc2)n1. The molecule has 1 aromatic carbocycles. The number of hydrogen-bond donors (Lipinski definition) is 2. The van der Waals surface area contributed by atoms with Gasteiger partial charge in [-0.15, -0.1) is 0 Å². The minimum absolute atomic E-state index is 0.550. The molecule has 23 heavy (non-hydrogen) atoms. The van der Waals surface area contributed by atoms with Gasteiger partial charge in [0.05, 0.1) is 0 Å². The fraction of sp³-hybridized carbons (Fsp3) is 0.474. The third kappa shape index (κ3) is 4.95. The number of aryl methyl sites for hydroxylation is 1. The zero-order valence-corrected chi connectivity index (χ0v) is 13.9. The minimum Gasteiger partial charge on any atom is -0.367 e. The molecular weight excluding hydrogens is 284 g/mol. The Hall–Kier alpha value is -2.10. The van der Waals surface area contributed by atoms with Crippen LogP contribution in [-0.2, 0) is 6.54 Å². The van der Waals surface area contributed by atoms with Gasteiger partial charge in [-0.05, 0) is 25.3 Å². The first-order chi connectivity index (χ1) is 11.3. The molecule has 122 valence electrons. The van der Waals surface area contributed by atoms with Crippen molar-refractivity contribution >= 4 is 11.8 Å². The second-order valence-electron chi connectivity index (χ2n) is 6.39. The molecule has 1 aliphatic carbocycles. The second kappa shape index (κ2) is 7.95. The van der Waals surface area contributed by atoms with Gasteiger partial charge in [0.25, 0.3) is 0 Å².